The van der Waals surface area contributed by atoms with Crippen LogP contribution in [0.5, 0.6) is 0 Å². The van der Waals surface area contributed by atoms with Crippen LogP contribution in [-0.2, 0) is 14.6 Å². The summed E-state index contributed by atoms with van der Waals surface area (Å²) in [7, 11) is -3.13. The molecule has 2 N–H and O–H groups in total. The molecule has 0 aliphatic carbocycles. The largest absolute Gasteiger partial charge is 0.481 e. The van der Waals surface area contributed by atoms with Gasteiger partial charge in [-0.1, -0.05) is 0 Å². The molecule has 0 spiro atoms. The highest BCUT2D eigenvalue weighted by molar-refractivity contribution is 7.91. The summed E-state index contributed by atoms with van der Waals surface area (Å²) in [6, 6.07) is -0.483. The van der Waals surface area contributed by atoms with Crippen molar-refractivity contribution >= 4 is 15.8 Å². The smallest absolute Gasteiger partial charge is 0.304 e. The van der Waals surface area contributed by atoms with Gasteiger partial charge in [0.15, 0.2) is 9.84 Å². The Morgan fingerprint density at radius 2 is 2.06 bits per heavy atom. The molecule has 6 nitrogen and oxygen atoms in total. The van der Waals surface area contributed by atoms with Gasteiger partial charge in [-0.3, -0.25) is 9.69 Å². The fourth-order valence-electron chi connectivity index (χ4n) is 2.02. The topological polar surface area (TPSA) is 94.9 Å². The quantitative estimate of drug-likeness (QED) is 0.719. The van der Waals surface area contributed by atoms with Gasteiger partial charge in [0, 0.05) is 19.1 Å². The number of rotatable bonds is 5. The molecule has 0 aromatic rings. The van der Waals surface area contributed by atoms with Gasteiger partial charge in [-0.25, -0.2) is 8.42 Å². The van der Waals surface area contributed by atoms with Crippen molar-refractivity contribution in [1.82, 2.24) is 4.90 Å². The first-order valence-electron chi connectivity index (χ1n) is 5.98. The maximum Gasteiger partial charge on any atom is 0.304 e. The van der Waals surface area contributed by atoms with Crippen molar-refractivity contribution in [2.45, 2.75) is 38.3 Å². The van der Waals surface area contributed by atoms with Crippen LogP contribution in [0.25, 0.3) is 0 Å². The highest BCUT2D eigenvalue weighted by Gasteiger charge is 2.33. The lowest BCUT2D eigenvalue weighted by atomic mass is 10.0. The number of hydrogen-bond donors (Lipinski definition) is 2. The Morgan fingerprint density at radius 1 is 1.44 bits per heavy atom. The summed E-state index contributed by atoms with van der Waals surface area (Å²) in [5.74, 6) is -1.04. The van der Waals surface area contributed by atoms with Crippen LogP contribution in [0.1, 0.15) is 26.7 Å². The van der Waals surface area contributed by atoms with Crippen LogP contribution in [0.15, 0.2) is 0 Å². The zero-order valence-electron chi connectivity index (χ0n) is 10.8. The normalized spacial score (nSPS) is 24.9. The second kappa shape index (κ2) is 5.54. The van der Waals surface area contributed by atoms with Gasteiger partial charge in [0.2, 0.25) is 0 Å². The molecule has 0 saturated carbocycles. The molecule has 0 bridgehead atoms. The van der Waals surface area contributed by atoms with Gasteiger partial charge in [-0.15, -0.1) is 0 Å². The van der Waals surface area contributed by atoms with E-state index in [0.29, 0.717) is 19.5 Å². The number of aliphatic hydroxyl groups is 1. The monoisotopic (exact) mass is 279 g/mol. The molecule has 0 amide bonds. The highest BCUT2D eigenvalue weighted by Crippen LogP contribution is 2.17. The Kier molecular flexibility index (Phi) is 4.74. The average molecular weight is 279 g/mol. The van der Waals surface area contributed by atoms with Crippen LogP contribution in [0.3, 0.4) is 0 Å². The highest BCUT2D eigenvalue weighted by atomic mass is 32.2. The van der Waals surface area contributed by atoms with Gasteiger partial charge in [0.05, 0.1) is 23.5 Å². The summed E-state index contributed by atoms with van der Waals surface area (Å²) in [6.45, 7) is 4.22. The van der Waals surface area contributed by atoms with Gasteiger partial charge in [-0.2, -0.15) is 0 Å². The first-order valence-corrected chi connectivity index (χ1v) is 7.80. The number of sulfone groups is 1. The van der Waals surface area contributed by atoms with Crippen LogP contribution in [-0.4, -0.2) is 65.7 Å². The second-order valence-electron chi connectivity index (χ2n) is 5.46. The fraction of sp³-hybridized carbons (Fsp3) is 0.909. The summed E-state index contributed by atoms with van der Waals surface area (Å²) in [6.07, 6.45) is 0.314. The van der Waals surface area contributed by atoms with Gasteiger partial charge < -0.3 is 10.2 Å². The van der Waals surface area contributed by atoms with E-state index < -0.39 is 27.4 Å². The number of carboxylic acid groups (broad SMARTS) is 1. The van der Waals surface area contributed by atoms with E-state index in [1.165, 1.54) is 0 Å². The van der Waals surface area contributed by atoms with Crippen LogP contribution in [0.4, 0.5) is 0 Å². The lowest BCUT2D eigenvalue weighted by molar-refractivity contribution is -0.138. The minimum absolute atomic E-state index is 0.0645. The predicted octanol–water partition coefficient (Wildman–Crippen LogP) is -0.279. The van der Waals surface area contributed by atoms with E-state index in [1.807, 2.05) is 4.90 Å². The Balaban J connectivity index is 2.66. The molecule has 1 rings (SSSR count). The maximum atomic E-state index is 11.5. The Bertz CT molecular complexity index is 398. The first kappa shape index (κ1) is 15.4. The van der Waals surface area contributed by atoms with E-state index in [2.05, 4.69) is 0 Å². The summed E-state index contributed by atoms with van der Waals surface area (Å²) >= 11 is 0. The van der Waals surface area contributed by atoms with Crippen molar-refractivity contribution in [1.29, 1.82) is 0 Å². The lowest BCUT2D eigenvalue weighted by Crippen LogP contribution is -2.50. The van der Waals surface area contributed by atoms with Crippen molar-refractivity contribution in [3.63, 3.8) is 0 Å². The summed E-state index contributed by atoms with van der Waals surface area (Å²) in [4.78, 5) is 12.6. The third kappa shape index (κ3) is 5.32. The van der Waals surface area contributed by atoms with Crippen molar-refractivity contribution < 1.29 is 23.4 Å². The molecule has 106 valence electrons. The van der Waals surface area contributed by atoms with Crippen molar-refractivity contribution in [2.75, 3.05) is 24.6 Å². The molecule has 0 aromatic carbocycles. The Labute approximate surface area is 108 Å². The zero-order chi connectivity index (χ0) is 14.0. The Hall–Kier alpha value is -0.660. The van der Waals surface area contributed by atoms with Gasteiger partial charge >= 0.3 is 5.97 Å². The molecule has 1 fully saturated rings. The summed E-state index contributed by atoms with van der Waals surface area (Å²) in [5.41, 5.74) is -0.829. The standard InChI is InChI=1S/C11H21NO5S/c1-11(2,15)3-4-12-5-6-18(16,17)8-9(12)7-10(13)14/h9,15H,3-8H2,1-2H3,(H,13,14). The van der Waals surface area contributed by atoms with E-state index >= 15 is 0 Å². The zero-order valence-corrected chi connectivity index (χ0v) is 11.6. The van der Waals surface area contributed by atoms with E-state index in [-0.39, 0.29) is 17.9 Å². The molecule has 18 heavy (non-hydrogen) atoms. The molecule has 1 aliphatic rings. The van der Waals surface area contributed by atoms with Gasteiger partial charge in [0.25, 0.3) is 0 Å². The van der Waals surface area contributed by atoms with Gasteiger partial charge in [-0.05, 0) is 20.3 Å². The lowest BCUT2D eigenvalue weighted by Gasteiger charge is -2.35. The molecule has 0 aromatic heterocycles. The van der Waals surface area contributed by atoms with E-state index in [9.17, 15) is 18.3 Å². The molecule has 1 unspecified atom stereocenters. The number of carbonyl (C=O) groups is 1. The number of carboxylic acids is 1. The van der Waals surface area contributed by atoms with Gasteiger partial charge in [0.1, 0.15) is 0 Å². The summed E-state index contributed by atoms with van der Waals surface area (Å²) < 4.78 is 23.0. The number of aliphatic carboxylic acids is 1. The van der Waals surface area contributed by atoms with Crippen LogP contribution in [0, 0.1) is 0 Å². The second-order valence-corrected chi connectivity index (χ2v) is 7.69. The summed E-state index contributed by atoms with van der Waals surface area (Å²) in [5, 5.41) is 18.5. The molecule has 1 aliphatic heterocycles. The molecule has 7 heteroatoms. The molecule has 0 radical (unpaired) electrons. The first-order chi connectivity index (χ1) is 8.09. The van der Waals surface area contributed by atoms with Crippen LogP contribution >= 0.6 is 0 Å². The molecule has 1 heterocycles. The number of hydrogen-bond acceptors (Lipinski definition) is 5. The number of nitrogens with zero attached hydrogens (tertiary/aromatic N) is 1. The van der Waals surface area contributed by atoms with Crippen LogP contribution in [0.2, 0.25) is 0 Å². The predicted molar refractivity (Wildman–Crippen MR) is 67.2 cm³/mol. The van der Waals surface area contributed by atoms with E-state index in [4.69, 9.17) is 5.11 Å². The molecule has 1 atom stereocenters. The minimum atomic E-state index is -3.13. The van der Waals surface area contributed by atoms with E-state index in [1.54, 1.807) is 13.8 Å². The third-order valence-corrected chi connectivity index (χ3v) is 4.77. The van der Waals surface area contributed by atoms with E-state index in [0.717, 1.165) is 0 Å². The van der Waals surface area contributed by atoms with Crippen LogP contribution < -0.4 is 0 Å². The minimum Gasteiger partial charge on any atom is -0.481 e. The maximum absolute atomic E-state index is 11.5. The van der Waals surface area contributed by atoms with Crippen molar-refractivity contribution in [3.05, 3.63) is 0 Å². The fourth-order valence-corrected chi connectivity index (χ4v) is 3.62. The Morgan fingerprint density at radius 3 is 2.56 bits per heavy atom. The SMILES string of the molecule is CC(C)(O)CCN1CCS(=O)(=O)CC1CC(=O)O. The molecule has 1 saturated heterocycles. The van der Waals surface area contributed by atoms with Crippen molar-refractivity contribution in [2.24, 2.45) is 0 Å². The van der Waals surface area contributed by atoms with Crippen molar-refractivity contribution in [3.8, 4) is 0 Å². The molecular formula is C11H21NO5S. The molecular weight excluding hydrogens is 258 g/mol. The average Bonchev–Trinajstić information content (AvgIpc) is 2.12. The third-order valence-electron chi connectivity index (χ3n) is 3.07.